The molecule has 1 unspecified atom stereocenters. The van der Waals surface area contributed by atoms with Gasteiger partial charge >= 0.3 is 6.05 Å². The lowest BCUT2D eigenvalue weighted by Crippen LogP contribution is -2.44. The first-order valence-corrected chi connectivity index (χ1v) is 10.8. The number of nitrogens with one attached hydrogen (secondary N) is 1. The van der Waals surface area contributed by atoms with Gasteiger partial charge in [0.25, 0.3) is 0 Å². The van der Waals surface area contributed by atoms with Gasteiger partial charge in [0.15, 0.2) is 0 Å². The molecule has 13 heteroatoms. The van der Waals surface area contributed by atoms with Gasteiger partial charge in [-0.05, 0) is 24.3 Å². The summed E-state index contributed by atoms with van der Waals surface area (Å²) in [5.41, 5.74) is 0. The maximum atomic E-state index is 14.6. The quantitative estimate of drug-likeness (QED) is 0.494. The van der Waals surface area contributed by atoms with Crippen molar-refractivity contribution < 1.29 is 31.8 Å². The van der Waals surface area contributed by atoms with Gasteiger partial charge < -0.3 is 19.3 Å². The summed E-state index contributed by atoms with van der Waals surface area (Å²) in [6.45, 7) is 1.79. The lowest BCUT2D eigenvalue weighted by Gasteiger charge is -2.34. The second kappa shape index (κ2) is 9.95. The molecule has 0 bridgehead atoms. The maximum absolute atomic E-state index is 14.6. The van der Waals surface area contributed by atoms with Crippen LogP contribution < -0.4 is 19.9 Å². The van der Waals surface area contributed by atoms with Crippen molar-refractivity contribution in [1.82, 2.24) is 20.3 Å². The minimum Gasteiger partial charge on any atom is -0.490 e. The highest BCUT2D eigenvalue weighted by Crippen LogP contribution is 2.28. The van der Waals surface area contributed by atoms with E-state index in [9.17, 15) is 22.4 Å². The Morgan fingerprint density at radius 3 is 2.35 bits per heavy atom. The zero-order valence-electron chi connectivity index (χ0n) is 18.4. The van der Waals surface area contributed by atoms with Crippen LogP contribution in [-0.4, -0.2) is 66.1 Å². The summed E-state index contributed by atoms with van der Waals surface area (Å²) in [6.07, 6.45) is -0.678. The number of alkyl halides is 3. The zero-order chi connectivity index (χ0) is 24.3. The Bertz CT molecular complexity index is 1000. The summed E-state index contributed by atoms with van der Waals surface area (Å²) >= 11 is 0. The maximum Gasteiger partial charge on any atom is 0.386 e. The monoisotopic (exact) mass is 484 g/mol. The number of morpholine rings is 1. The van der Waals surface area contributed by atoms with Crippen molar-refractivity contribution in [2.45, 2.75) is 38.3 Å². The smallest absolute Gasteiger partial charge is 0.386 e. The Balaban J connectivity index is 1.53. The second-order valence-electron chi connectivity index (χ2n) is 8.00. The number of nitrogens with zero attached hydrogens (tertiary/aromatic N) is 5. The van der Waals surface area contributed by atoms with Gasteiger partial charge in [-0.2, -0.15) is 23.7 Å². The number of rotatable bonds is 6. The first-order chi connectivity index (χ1) is 16.2. The topological polar surface area (TPSA) is 92.7 Å². The van der Waals surface area contributed by atoms with Crippen LogP contribution in [0.4, 0.5) is 29.5 Å². The van der Waals surface area contributed by atoms with Gasteiger partial charge in [0.2, 0.25) is 30.0 Å². The number of carbonyl (C=O) groups is 1. The molecule has 3 heterocycles. The van der Waals surface area contributed by atoms with Gasteiger partial charge in [-0.1, -0.05) is 0 Å². The van der Waals surface area contributed by atoms with Gasteiger partial charge in [-0.25, -0.2) is 8.78 Å². The number of hydrogen-bond acceptors (Lipinski definition) is 8. The van der Waals surface area contributed by atoms with Gasteiger partial charge in [-0.3, -0.25) is 10.1 Å². The number of ether oxygens (including phenoxy) is 2. The largest absolute Gasteiger partial charge is 0.490 e. The molecule has 0 radical (unpaired) electrons. The molecule has 1 N–H and O–H groups in total. The van der Waals surface area contributed by atoms with Crippen molar-refractivity contribution in [2.75, 3.05) is 42.6 Å². The molecule has 9 nitrogen and oxygen atoms in total. The first kappa shape index (κ1) is 23.9. The molecule has 34 heavy (non-hydrogen) atoms. The first-order valence-electron chi connectivity index (χ1n) is 10.8. The van der Waals surface area contributed by atoms with E-state index in [1.165, 1.54) is 34.5 Å². The van der Waals surface area contributed by atoms with E-state index in [1.54, 1.807) is 4.90 Å². The fourth-order valence-electron chi connectivity index (χ4n) is 3.72. The van der Waals surface area contributed by atoms with E-state index in [4.69, 9.17) is 9.47 Å². The van der Waals surface area contributed by atoms with Crippen molar-refractivity contribution in [3.05, 3.63) is 35.9 Å². The molecule has 0 spiro atoms. The Labute approximate surface area is 193 Å². The summed E-state index contributed by atoms with van der Waals surface area (Å²) in [5.74, 6) is -1.85. The lowest BCUT2D eigenvalue weighted by molar-refractivity contribution is -0.132. The number of halogens is 4. The standard InChI is InChI=1S/C21H24F4N6O3/c1-13(32)29-21(24,25)18-26-19(28-20(27-18)31-10-11-33-17(23)12-31)30-8-6-16(7-9-30)34-15-4-2-14(22)3-5-15/h2-5,16-17H,6-12H2,1H3,(H,29,32). The summed E-state index contributed by atoms with van der Waals surface area (Å²) in [5, 5.41) is 1.54. The number of benzene rings is 1. The molecular weight excluding hydrogens is 460 g/mol. The summed E-state index contributed by atoms with van der Waals surface area (Å²) in [7, 11) is 0. The van der Waals surface area contributed by atoms with Crippen LogP contribution in [0.3, 0.4) is 0 Å². The number of anilines is 2. The van der Waals surface area contributed by atoms with Crippen molar-refractivity contribution in [2.24, 2.45) is 0 Å². The highest BCUT2D eigenvalue weighted by Gasteiger charge is 2.39. The molecule has 2 fully saturated rings. The number of aromatic nitrogens is 3. The normalized spacial score (nSPS) is 19.7. The Morgan fingerprint density at radius 1 is 1.09 bits per heavy atom. The number of piperidine rings is 1. The Hall–Kier alpha value is -3.22. The van der Waals surface area contributed by atoms with Crippen molar-refractivity contribution in [1.29, 1.82) is 0 Å². The van der Waals surface area contributed by atoms with Crippen molar-refractivity contribution in [3.8, 4) is 5.75 Å². The molecule has 2 aromatic rings. The van der Waals surface area contributed by atoms with Crippen LogP contribution in [-0.2, 0) is 15.6 Å². The second-order valence-corrected chi connectivity index (χ2v) is 8.00. The molecule has 2 aliphatic heterocycles. The molecule has 1 amide bonds. The molecular formula is C21H24F4N6O3. The SMILES string of the molecule is CC(=O)NC(F)(F)c1nc(N2CCC(Oc3ccc(F)cc3)CC2)nc(N2CCOC(F)C2)n1. The molecule has 0 aliphatic carbocycles. The van der Waals surface area contributed by atoms with E-state index in [-0.39, 0.29) is 43.5 Å². The number of hydrogen-bond donors (Lipinski definition) is 1. The van der Waals surface area contributed by atoms with E-state index in [0.29, 0.717) is 31.7 Å². The summed E-state index contributed by atoms with van der Waals surface area (Å²) in [4.78, 5) is 26.4. The third-order valence-corrected chi connectivity index (χ3v) is 5.37. The van der Waals surface area contributed by atoms with Crippen molar-refractivity contribution >= 4 is 17.8 Å². The summed E-state index contributed by atoms with van der Waals surface area (Å²) in [6, 6.07) is 1.85. The number of amides is 1. The van der Waals surface area contributed by atoms with Gasteiger partial charge in [0.1, 0.15) is 17.7 Å². The molecule has 1 aromatic heterocycles. The van der Waals surface area contributed by atoms with Crippen LogP contribution in [0.25, 0.3) is 0 Å². The van der Waals surface area contributed by atoms with Crippen LogP contribution in [0.5, 0.6) is 5.75 Å². The van der Waals surface area contributed by atoms with E-state index in [1.807, 2.05) is 0 Å². The third kappa shape index (κ3) is 5.82. The van der Waals surface area contributed by atoms with Gasteiger partial charge in [0.05, 0.1) is 13.2 Å². The molecule has 184 valence electrons. The predicted octanol–water partition coefficient (Wildman–Crippen LogP) is 2.38. The molecule has 2 saturated heterocycles. The predicted molar refractivity (Wildman–Crippen MR) is 113 cm³/mol. The minimum absolute atomic E-state index is 0.00726. The fourth-order valence-corrected chi connectivity index (χ4v) is 3.72. The van der Waals surface area contributed by atoms with Crippen LogP contribution in [0.1, 0.15) is 25.6 Å². The average molecular weight is 484 g/mol. The van der Waals surface area contributed by atoms with Gasteiger partial charge in [-0.15, -0.1) is 0 Å². The molecule has 2 aliphatic rings. The van der Waals surface area contributed by atoms with Crippen LogP contribution in [0.15, 0.2) is 24.3 Å². The molecule has 0 saturated carbocycles. The third-order valence-electron chi connectivity index (χ3n) is 5.37. The minimum atomic E-state index is -3.84. The molecule has 1 atom stereocenters. The van der Waals surface area contributed by atoms with Crippen molar-refractivity contribution in [3.63, 3.8) is 0 Å². The molecule has 4 rings (SSSR count). The Morgan fingerprint density at radius 2 is 1.74 bits per heavy atom. The van der Waals surface area contributed by atoms with Crippen LogP contribution in [0, 0.1) is 5.82 Å². The van der Waals surface area contributed by atoms with Crippen LogP contribution >= 0.6 is 0 Å². The van der Waals surface area contributed by atoms with E-state index in [2.05, 4.69) is 15.0 Å². The zero-order valence-corrected chi connectivity index (χ0v) is 18.4. The van der Waals surface area contributed by atoms with E-state index >= 15 is 0 Å². The molecule has 1 aromatic carbocycles. The highest BCUT2D eigenvalue weighted by atomic mass is 19.3. The lowest BCUT2D eigenvalue weighted by atomic mass is 10.1. The average Bonchev–Trinajstić information content (AvgIpc) is 2.80. The van der Waals surface area contributed by atoms with E-state index < -0.39 is 24.1 Å². The van der Waals surface area contributed by atoms with Gasteiger partial charge in [0, 0.05) is 39.4 Å². The highest BCUT2D eigenvalue weighted by molar-refractivity contribution is 5.73. The van der Waals surface area contributed by atoms with E-state index in [0.717, 1.165) is 6.92 Å². The Kier molecular flexibility index (Phi) is 7.00. The summed E-state index contributed by atoms with van der Waals surface area (Å²) < 4.78 is 66.8. The fraction of sp³-hybridized carbons (Fsp3) is 0.524. The van der Waals surface area contributed by atoms with Crippen LogP contribution in [0.2, 0.25) is 0 Å². The number of carbonyl (C=O) groups excluding carboxylic acids is 1.